The van der Waals surface area contributed by atoms with Crippen molar-refractivity contribution in [1.82, 2.24) is 10.3 Å². The molecule has 1 N–H and O–H groups in total. The van der Waals surface area contributed by atoms with Crippen LogP contribution < -0.4 is 15.0 Å². The number of H-pyrrole nitrogens is 1. The lowest BCUT2D eigenvalue weighted by Gasteiger charge is -2.02. The largest absolute Gasteiger partial charge is 0.497 e. The lowest BCUT2D eigenvalue weighted by molar-refractivity contribution is -0.672. The number of nitriles is 1. The Hall–Kier alpha value is -3.38. The van der Waals surface area contributed by atoms with Crippen LogP contribution in [0.1, 0.15) is 21.7 Å². The minimum Gasteiger partial charge on any atom is -0.497 e. The number of pyridine rings is 1. The van der Waals surface area contributed by atoms with Crippen molar-refractivity contribution in [2.75, 3.05) is 12.9 Å². The van der Waals surface area contributed by atoms with Gasteiger partial charge < -0.3 is 4.74 Å². The lowest BCUT2D eigenvalue weighted by Crippen LogP contribution is -2.41. The zero-order chi connectivity index (χ0) is 19.4. The van der Waals surface area contributed by atoms with Gasteiger partial charge in [-0.3, -0.25) is 9.32 Å². The monoisotopic (exact) mass is 383 g/mol. The molecule has 0 saturated carbocycles. The summed E-state index contributed by atoms with van der Waals surface area (Å²) in [6.45, 7) is 1.80. The first-order valence-corrected chi connectivity index (χ1v) is 8.83. The fourth-order valence-electron chi connectivity index (χ4n) is 2.35. The van der Waals surface area contributed by atoms with Gasteiger partial charge in [0.05, 0.1) is 18.4 Å². The molecule has 0 amide bonds. The molecule has 2 heterocycles. The summed E-state index contributed by atoms with van der Waals surface area (Å²) in [5, 5.41) is 12.0. The van der Waals surface area contributed by atoms with E-state index in [2.05, 4.69) is 10.3 Å². The molecule has 0 fully saturated rings. The number of ether oxygens (including phenoxy) is 1. The highest BCUT2D eigenvalue weighted by Gasteiger charge is 2.30. The van der Waals surface area contributed by atoms with Gasteiger partial charge in [-0.05, 0) is 41.1 Å². The number of nitrogens with one attached hydrogen (secondary N) is 1. The minimum absolute atomic E-state index is 0.0656. The number of hydrogen-bond acceptors (Lipinski definition) is 7. The smallest absolute Gasteiger partial charge is 0.438 e. The molecule has 8 nitrogen and oxygen atoms in total. The summed E-state index contributed by atoms with van der Waals surface area (Å²) in [6, 6.07) is 12.2. The molecule has 0 radical (unpaired) electrons. The lowest BCUT2D eigenvalue weighted by atomic mass is 10.2. The number of Topliss-reactive ketones (excluding diaryl/α,β-unsaturated/α-hetero) is 1. The van der Waals surface area contributed by atoms with Crippen LogP contribution in [0.4, 0.5) is 0 Å². The van der Waals surface area contributed by atoms with Crippen LogP contribution in [0.5, 0.6) is 5.75 Å². The second-order valence-corrected chi connectivity index (χ2v) is 6.46. The van der Waals surface area contributed by atoms with Gasteiger partial charge in [-0.1, -0.05) is 11.8 Å². The Morgan fingerprint density at radius 2 is 2.07 bits per heavy atom. The summed E-state index contributed by atoms with van der Waals surface area (Å²) in [7, 11) is 1.54. The van der Waals surface area contributed by atoms with Crippen LogP contribution in [0.15, 0.2) is 50.7 Å². The number of ketones is 1. The zero-order valence-corrected chi connectivity index (χ0v) is 15.4. The summed E-state index contributed by atoms with van der Waals surface area (Å²) < 4.78 is 11.2. The molecule has 9 heteroatoms. The predicted molar refractivity (Wildman–Crippen MR) is 96.2 cm³/mol. The molecule has 27 heavy (non-hydrogen) atoms. The van der Waals surface area contributed by atoms with Crippen molar-refractivity contribution in [1.29, 1.82) is 5.26 Å². The molecule has 0 unspecified atom stereocenters. The van der Waals surface area contributed by atoms with Crippen molar-refractivity contribution in [3.63, 3.8) is 0 Å². The fourth-order valence-corrected chi connectivity index (χ4v) is 3.24. The van der Waals surface area contributed by atoms with E-state index in [4.69, 9.17) is 14.5 Å². The van der Waals surface area contributed by atoms with Crippen LogP contribution in [0.25, 0.3) is 5.69 Å². The molecule has 0 saturated heterocycles. The molecule has 0 spiro atoms. The number of carbonyl (C=O) groups excluding carboxylic acids is 1. The van der Waals surface area contributed by atoms with Crippen molar-refractivity contribution in [2.45, 2.75) is 11.9 Å². The highest BCUT2D eigenvalue weighted by Crippen LogP contribution is 2.21. The number of benzene rings is 1. The standard InChI is InChI=1S/C18H14N4O4S/c1-11-3-4-12(9-19)17(20-11)27-10-15(23)16-18(24)26-21-22(16)13-5-7-14(25-2)8-6-13/h3-8H,10H2,1-2H3/p+1. The molecule has 0 aliphatic carbocycles. The van der Waals surface area contributed by atoms with Crippen molar-refractivity contribution in [2.24, 2.45) is 0 Å². The maximum Gasteiger partial charge on any atom is 0.438 e. The summed E-state index contributed by atoms with van der Waals surface area (Å²) in [4.78, 5) is 28.9. The van der Waals surface area contributed by atoms with Gasteiger partial charge in [-0.2, -0.15) is 5.26 Å². The first-order chi connectivity index (χ1) is 13.0. The molecule has 136 valence electrons. The van der Waals surface area contributed by atoms with Gasteiger partial charge in [0.15, 0.2) is 0 Å². The Balaban J connectivity index is 1.86. The first-order valence-electron chi connectivity index (χ1n) is 7.85. The number of aromatic nitrogens is 3. The van der Waals surface area contributed by atoms with E-state index >= 15 is 0 Å². The molecule has 0 aliphatic rings. The van der Waals surface area contributed by atoms with E-state index in [0.717, 1.165) is 17.5 Å². The Bertz CT molecular complexity index is 1080. The Kier molecular flexibility index (Phi) is 5.38. The van der Waals surface area contributed by atoms with Gasteiger partial charge >= 0.3 is 11.3 Å². The summed E-state index contributed by atoms with van der Waals surface area (Å²) in [6.07, 6.45) is 0. The Morgan fingerprint density at radius 1 is 1.33 bits per heavy atom. The van der Waals surface area contributed by atoms with Crippen LogP contribution in [0.2, 0.25) is 0 Å². The highest BCUT2D eigenvalue weighted by molar-refractivity contribution is 8.00. The van der Waals surface area contributed by atoms with Crippen molar-refractivity contribution < 1.29 is 18.7 Å². The highest BCUT2D eigenvalue weighted by atomic mass is 32.2. The van der Waals surface area contributed by atoms with E-state index in [0.29, 0.717) is 22.0 Å². The molecule has 1 aromatic carbocycles. The number of nitrogens with zero attached hydrogens (tertiary/aromatic N) is 3. The van der Waals surface area contributed by atoms with Gasteiger partial charge in [0.1, 0.15) is 16.8 Å². The second-order valence-electron chi connectivity index (χ2n) is 5.49. The number of thioether (sulfide) groups is 1. The number of methoxy groups -OCH3 is 1. The van der Waals surface area contributed by atoms with Gasteiger partial charge in [0, 0.05) is 17.8 Å². The number of aryl methyl sites for hydroxylation is 1. The third-order valence-corrected chi connectivity index (χ3v) is 4.69. The maximum absolute atomic E-state index is 12.6. The predicted octanol–water partition coefficient (Wildman–Crippen LogP) is 1.80. The molecular weight excluding hydrogens is 368 g/mol. The average Bonchev–Trinajstić information content (AvgIpc) is 3.07. The zero-order valence-electron chi connectivity index (χ0n) is 14.6. The molecule has 0 aliphatic heterocycles. The van der Waals surface area contributed by atoms with Crippen molar-refractivity contribution in [3.8, 4) is 17.5 Å². The van der Waals surface area contributed by atoms with Crippen LogP contribution >= 0.6 is 11.8 Å². The van der Waals surface area contributed by atoms with Gasteiger partial charge in [-0.25, -0.2) is 9.78 Å². The van der Waals surface area contributed by atoms with Gasteiger partial charge in [0.2, 0.25) is 11.5 Å². The summed E-state index contributed by atoms with van der Waals surface area (Å²) >= 11 is 1.10. The molecule has 3 rings (SSSR count). The Morgan fingerprint density at radius 3 is 2.74 bits per heavy atom. The van der Waals surface area contributed by atoms with Crippen molar-refractivity contribution >= 4 is 17.5 Å². The first kappa shape index (κ1) is 18.4. The molecular formula is C18H15N4O4S+. The van der Waals surface area contributed by atoms with Crippen LogP contribution in [0, 0.1) is 18.3 Å². The average molecular weight is 383 g/mol. The van der Waals surface area contributed by atoms with E-state index in [1.165, 1.54) is 4.68 Å². The quantitative estimate of drug-likeness (QED) is 0.392. The van der Waals surface area contributed by atoms with E-state index in [1.807, 2.05) is 6.07 Å². The third kappa shape index (κ3) is 3.91. The van der Waals surface area contributed by atoms with E-state index in [9.17, 15) is 9.59 Å². The molecule has 3 aromatic rings. The summed E-state index contributed by atoms with van der Waals surface area (Å²) in [5.41, 5.74) is 0.746. The molecule has 0 atom stereocenters. The van der Waals surface area contributed by atoms with Gasteiger partial charge in [-0.15, -0.1) is 0 Å². The second kappa shape index (κ2) is 7.88. The number of aromatic amines is 1. The fraction of sp³-hybridized carbons (Fsp3) is 0.167. The van der Waals surface area contributed by atoms with E-state index in [1.54, 1.807) is 50.4 Å². The summed E-state index contributed by atoms with van der Waals surface area (Å²) in [5.74, 6) is 0.130. The van der Waals surface area contributed by atoms with E-state index < -0.39 is 11.4 Å². The van der Waals surface area contributed by atoms with Crippen LogP contribution in [-0.2, 0) is 0 Å². The maximum atomic E-state index is 12.6. The van der Waals surface area contributed by atoms with Crippen LogP contribution in [-0.4, -0.2) is 28.9 Å². The third-order valence-electron chi connectivity index (χ3n) is 3.70. The van der Waals surface area contributed by atoms with Crippen LogP contribution in [0.3, 0.4) is 0 Å². The Labute approximate surface area is 158 Å². The molecule has 2 aromatic heterocycles. The number of hydrogen-bond donors (Lipinski definition) is 1. The number of carbonyl (C=O) groups is 1. The minimum atomic E-state index is -0.769. The number of rotatable bonds is 6. The van der Waals surface area contributed by atoms with Crippen molar-refractivity contribution in [3.05, 3.63) is 63.8 Å². The topological polar surface area (TPSA) is 113 Å². The van der Waals surface area contributed by atoms with E-state index in [-0.39, 0.29) is 11.4 Å². The molecule has 0 bridgehead atoms. The van der Waals surface area contributed by atoms with Gasteiger partial charge in [0.25, 0.3) is 0 Å². The SMILES string of the molecule is COc1ccc(-[n+]2[nH]oc(=O)c2C(=O)CSc2nc(C)ccc2C#N)cc1. The normalized spacial score (nSPS) is 10.4.